The molecule has 3 nitrogen and oxygen atoms in total. The van der Waals surface area contributed by atoms with Gasteiger partial charge in [0.25, 0.3) is 0 Å². The van der Waals surface area contributed by atoms with Crippen molar-refractivity contribution < 1.29 is 4.74 Å². The Morgan fingerprint density at radius 1 is 1.00 bits per heavy atom. The summed E-state index contributed by atoms with van der Waals surface area (Å²) in [5.41, 5.74) is 5.80. The van der Waals surface area contributed by atoms with Crippen LogP contribution in [0.25, 0.3) is 0 Å². The zero-order valence-electron chi connectivity index (χ0n) is 13.3. The van der Waals surface area contributed by atoms with Crippen LogP contribution in [0.1, 0.15) is 11.1 Å². The largest absolute Gasteiger partial charge is 0.488 e. The van der Waals surface area contributed by atoms with Crippen molar-refractivity contribution in [3.63, 3.8) is 0 Å². The van der Waals surface area contributed by atoms with Gasteiger partial charge >= 0.3 is 0 Å². The van der Waals surface area contributed by atoms with E-state index in [9.17, 15) is 0 Å². The molecule has 1 N–H and O–H groups in total. The quantitative estimate of drug-likeness (QED) is 0.388. The first-order valence-corrected chi connectivity index (χ1v) is 8.89. The van der Waals surface area contributed by atoms with Crippen molar-refractivity contribution in [2.75, 3.05) is 5.43 Å². The second-order valence-electron chi connectivity index (χ2n) is 5.33. The van der Waals surface area contributed by atoms with Crippen molar-refractivity contribution >= 4 is 39.4 Å². The third-order valence-electron chi connectivity index (χ3n) is 3.45. The summed E-state index contributed by atoms with van der Waals surface area (Å²) >= 11 is 9.39. The summed E-state index contributed by atoms with van der Waals surface area (Å²) in [6, 6.07) is 23.3. The Morgan fingerprint density at radius 2 is 1.80 bits per heavy atom. The zero-order valence-corrected chi connectivity index (χ0v) is 15.7. The Kier molecular flexibility index (Phi) is 6.09. The molecule has 0 atom stereocenters. The minimum atomic E-state index is 0.500. The Hall–Kier alpha value is -2.30. The highest BCUT2D eigenvalue weighted by molar-refractivity contribution is 9.10. The summed E-state index contributed by atoms with van der Waals surface area (Å²) in [5, 5.41) is 4.93. The maximum Gasteiger partial charge on any atom is 0.128 e. The van der Waals surface area contributed by atoms with Gasteiger partial charge in [0.2, 0.25) is 0 Å². The van der Waals surface area contributed by atoms with Gasteiger partial charge in [-0.2, -0.15) is 5.10 Å². The number of ether oxygens (including phenoxy) is 1. The van der Waals surface area contributed by atoms with Crippen LogP contribution in [0.5, 0.6) is 5.75 Å². The molecule has 0 saturated carbocycles. The molecule has 3 aromatic carbocycles. The highest BCUT2D eigenvalue weighted by Crippen LogP contribution is 2.19. The van der Waals surface area contributed by atoms with E-state index in [1.807, 2.05) is 72.8 Å². The molecular formula is C20H16BrClN2O. The molecule has 3 rings (SSSR count). The lowest BCUT2D eigenvalue weighted by Crippen LogP contribution is -1.99. The summed E-state index contributed by atoms with van der Waals surface area (Å²) in [6.45, 7) is 0.500. The van der Waals surface area contributed by atoms with Gasteiger partial charge in [-0.3, -0.25) is 5.43 Å². The average molecular weight is 416 g/mol. The normalized spacial score (nSPS) is 10.8. The van der Waals surface area contributed by atoms with Gasteiger partial charge in [-0.25, -0.2) is 0 Å². The van der Waals surface area contributed by atoms with E-state index < -0.39 is 0 Å². The molecular weight excluding hydrogens is 400 g/mol. The summed E-state index contributed by atoms with van der Waals surface area (Å²) < 4.78 is 6.98. The zero-order chi connectivity index (χ0) is 17.5. The number of nitrogens with zero attached hydrogens (tertiary/aromatic N) is 1. The highest BCUT2D eigenvalue weighted by atomic mass is 79.9. The molecule has 0 bridgehead atoms. The highest BCUT2D eigenvalue weighted by Gasteiger charge is 2.02. The second kappa shape index (κ2) is 8.70. The summed E-state index contributed by atoms with van der Waals surface area (Å²) in [6.07, 6.45) is 1.73. The van der Waals surface area contributed by atoms with Crippen LogP contribution < -0.4 is 10.2 Å². The van der Waals surface area contributed by atoms with Crippen LogP contribution in [0, 0.1) is 0 Å². The van der Waals surface area contributed by atoms with Gasteiger partial charge in [0.1, 0.15) is 12.4 Å². The predicted octanol–water partition coefficient (Wildman–Crippen LogP) is 6.13. The van der Waals surface area contributed by atoms with Gasteiger partial charge in [0.15, 0.2) is 0 Å². The molecule has 0 aliphatic carbocycles. The second-order valence-corrected chi connectivity index (χ2v) is 6.69. The van der Waals surface area contributed by atoms with Crippen LogP contribution in [-0.2, 0) is 6.61 Å². The van der Waals surface area contributed by atoms with E-state index in [-0.39, 0.29) is 0 Å². The number of nitrogens with one attached hydrogen (secondary N) is 1. The SMILES string of the molecule is Clc1cccc(NN=Cc2ccccc2OCc2ccc(Br)cc2)c1. The lowest BCUT2D eigenvalue weighted by molar-refractivity contribution is 0.306. The molecule has 0 amide bonds. The number of halogens is 2. The average Bonchev–Trinajstić information content (AvgIpc) is 2.62. The molecule has 0 heterocycles. The number of hydrogen-bond donors (Lipinski definition) is 1. The Morgan fingerprint density at radius 3 is 2.60 bits per heavy atom. The molecule has 0 radical (unpaired) electrons. The maximum atomic E-state index is 5.96. The van der Waals surface area contributed by atoms with Gasteiger partial charge in [-0.05, 0) is 48.0 Å². The monoisotopic (exact) mass is 414 g/mol. The molecule has 0 unspecified atom stereocenters. The maximum absolute atomic E-state index is 5.96. The van der Waals surface area contributed by atoms with Crippen LogP contribution >= 0.6 is 27.5 Å². The van der Waals surface area contributed by atoms with E-state index in [4.69, 9.17) is 16.3 Å². The number of para-hydroxylation sites is 1. The van der Waals surface area contributed by atoms with E-state index in [1.54, 1.807) is 6.21 Å². The molecule has 0 spiro atoms. The van der Waals surface area contributed by atoms with Gasteiger partial charge in [-0.15, -0.1) is 0 Å². The van der Waals surface area contributed by atoms with Crippen LogP contribution in [-0.4, -0.2) is 6.21 Å². The summed E-state index contributed by atoms with van der Waals surface area (Å²) in [7, 11) is 0. The smallest absolute Gasteiger partial charge is 0.128 e. The predicted molar refractivity (Wildman–Crippen MR) is 108 cm³/mol. The number of rotatable bonds is 6. The van der Waals surface area contributed by atoms with Crippen LogP contribution in [0.3, 0.4) is 0 Å². The number of benzene rings is 3. The van der Waals surface area contributed by atoms with Gasteiger partial charge in [0, 0.05) is 15.1 Å². The fourth-order valence-corrected chi connectivity index (χ4v) is 2.65. The van der Waals surface area contributed by atoms with Crippen LogP contribution in [0.2, 0.25) is 5.02 Å². The van der Waals surface area contributed by atoms with Crippen molar-refractivity contribution in [2.24, 2.45) is 5.10 Å². The van der Waals surface area contributed by atoms with Gasteiger partial charge < -0.3 is 4.74 Å². The van der Waals surface area contributed by atoms with Crippen molar-refractivity contribution in [1.29, 1.82) is 0 Å². The van der Waals surface area contributed by atoms with Crippen molar-refractivity contribution in [3.05, 3.63) is 93.4 Å². The van der Waals surface area contributed by atoms with Crippen molar-refractivity contribution in [3.8, 4) is 5.75 Å². The van der Waals surface area contributed by atoms with Crippen LogP contribution in [0.4, 0.5) is 5.69 Å². The van der Waals surface area contributed by atoms with Crippen molar-refractivity contribution in [2.45, 2.75) is 6.61 Å². The van der Waals surface area contributed by atoms with E-state index in [0.29, 0.717) is 11.6 Å². The van der Waals surface area contributed by atoms with Gasteiger partial charge in [0.05, 0.1) is 11.9 Å². The standard InChI is InChI=1S/C20H16BrClN2O/c21-17-10-8-15(9-11-17)14-25-20-7-2-1-4-16(20)13-23-24-19-6-3-5-18(22)12-19/h1-13,24H,14H2. The van der Waals surface area contributed by atoms with Gasteiger partial charge in [-0.1, -0.05) is 57.9 Å². The van der Waals surface area contributed by atoms with E-state index in [1.165, 1.54) is 0 Å². The molecule has 0 aliphatic rings. The summed E-state index contributed by atoms with van der Waals surface area (Å²) in [4.78, 5) is 0. The Bertz CT molecular complexity index is 866. The molecule has 25 heavy (non-hydrogen) atoms. The van der Waals surface area contributed by atoms with Crippen LogP contribution in [0.15, 0.2) is 82.4 Å². The number of hydrogen-bond acceptors (Lipinski definition) is 3. The number of hydrazone groups is 1. The molecule has 0 aromatic heterocycles. The van der Waals surface area contributed by atoms with Crippen molar-refractivity contribution in [1.82, 2.24) is 0 Å². The first-order chi connectivity index (χ1) is 12.2. The summed E-state index contributed by atoms with van der Waals surface area (Å²) in [5.74, 6) is 0.780. The third-order valence-corrected chi connectivity index (χ3v) is 4.21. The Labute approximate surface area is 160 Å². The Balaban J connectivity index is 1.65. The molecule has 5 heteroatoms. The fraction of sp³-hybridized carbons (Fsp3) is 0.0500. The minimum absolute atomic E-state index is 0.500. The van der Waals surface area contributed by atoms with E-state index in [2.05, 4.69) is 26.5 Å². The third kappa shape index (κ3) is 5.34. The number of anilines is 1. The molecule has 0 aliphatic heterocycles. The fourth-order valence-electron chi connectivity index (χ4n) is 2.19. The van der Waals surface area contributed by atoms with E-state index >= 15 is 0 Å². The molecule has 3 aromatic rings. The molecule has 0 fully saturated rings. The molecule has 126 valence electrons. The van der Waals surface area contributed by atoms with E-state index in [0.717, 1.165) is 27.0 Å². The topological polar surface area (TPSA) is 33.6 Å². The lowest BCUT2D eigenvalue weighted by atomic mass is 10.2. The minimum Gasteiger partial charge on any atom is -0.488 e. The first-order valence-electron chi connectivity index (χ1n) is 7.71. The first kappa shape index (κ1) is 17.5. The lowest BCUT2D eigenvalue weighted by Gasteiger charge is -2.09. The molecule has 0 saturated heterocycles.